The Morgan fingerprint density at radius 2 is 1.75 bits per heavy atom. The summed E-state index contributed by atoms with van der Waals surface area (Å²) in [7, 11) is 5.62. The quantitative estimate of drug-likeness (QED) is 0.233. The molecule has 0 aliphatic rings. The number of carboxylic acids is 1. The number of hydrogen-bond acceptors (Lipinski definition) is 5. The van der Waals surface area contributed by atoms with E-state index in [1.54, 1.807) is 0 Å². The number of quaternary nitrogens is 1. The first-order chi connectivity index (χ1) is 11.2. The van der Waals surface area contributed by atoms with Crippen LogP contribution in [0.3, 0.4) is 0 Å². The molecule has 6 heteroatoms. The predicted molar refractivity (Wildman–Crippen MR) is 90.9 cm³/mol. The maximum Gasteiger partial charge on any atom is 0.335 e. The van der Waals surface area contributed by atoms with Crippen molar-refractivity contribution in [1.29, 1.82) is 0 Å². The van der Waals surface area contributed by atoms with Gasteiger partial charge in [0.2, 0.25) is 0 Å². The average molecular weight is 343 g/mol. The van der Waals surface area contributed by atoms with Crippen molar-refractivity contribution in [3.8, 4) is 0 Å². The molecule has 0 bridgehead atoms. The fraction of sp³-hybridized carbons (Fsp3) is 0.778. The van der Waals surface area contributed by atoms with E-state index in [1.807, 2.05) is 21.1 Å². The number of allylic oxidation sites excluding steroid dienone is 2. The van der Waals surface area contributed by atoms with Crippen molar-refractivity contribution in [2.75, 3.05) is 27.7 Å². The Kier molecular flexibility index (Phi) is 11.3. The highest BCUT2D eigenvalue weighted by atomic mass is 16.6. The minimum Gasteiger partial charge on any atom is -0.550 e. The number of likely N-dealkylation sites (N-methyl/N-ethyl adjacent to an activating group) is 1. The van der Waals surface area contributed by atoms with Gasteiger partial charge in [-0.05, 0) is 25.7 Å². The third kappa shape index (κ3) is 13.1. The van der Waals surface area contributed by atoms with Gasteiger partial charge in [0.15, 0.2) is 12.2 Å². The number of ether oxygens (including phenoxy) is 1. The Bertz CT molecular complexity index is 401. The minimum atomic E-state index is -1.27. The number of unbranched alkanes of at least 4 members (excludes halogenated alkanes) is 3. The van der Waals surface area contributed by atoms with Crippen LogP contribution in [-0.4, -0.2) is 61.4 Å². The predicted octanol–water partition coefficient (Wildman–Crippen LogP) is 1.02. The van der Waals surface area contributed by atoms with Crippen LogP contribution in [0.5, 0.6) is 0 Å². The van der Waals surface area contributed by atoms with Crippen molar-refractivity contribution in [3.63, 3.8) is 0 Å². The topological polar surface area (TPSA) is 86.7 Å². The van der Waals surface area contributed by atoms with Gasteiger partial charge >= 0.3 is 5.97 Å². The minimum absolute atomic E-state index is 0.305. The molecule has 0 saturated carbocycles. The summed E-state index contributed by atoms with van der Waals surface area (Å²) in [6, 6.07) is 0. The Morgan fingerprint density at radius 3 is 2.25 bits per heavy atom. The molecule has 0 aliphatic heterocycles. The molecule has 140 valence electrons. The van der Waals surface area contributed by atoms with Gasteiger partial charge in [0.25, 0.3) is 0 Å². The molecule has 24 heavy (non-hydrogen) atoms. The van der Waals surface area contributed by atoms with Gasteiger partial charge in [-0.3, -0.25) is 0 Å². The molecule has 0 aliphatic carbocycles. The standard InChI is InChI=1S/C18H33NO5/c1-5-6-7-8-9-10-11-12-16(20)18(23)24-15(13-17(21)22)14-19(2,3)4/h8-9,15-16,20H,5-7,10-14H2,1-4H3/b9-8+. The number of rotatable bonds is 13. The van der Waals surface area contributed by atoms with Crippen LogP contribution in [0.25, 0.3) is 0 Å². The Balaban J connectivity index is 4.23. The molecule has 2 atom stereocenters. The van der Waals surface area contributed by atoms with E-state index in [1.165, 1.54) is 0 Å². The number of aliphatic hydroxyl groups is 1. The maximum atomic E-state index is 11.9. The zero-order chi connectivity index (χ0) is 18.6. The first kappa shape index (κ1) is 22.6. The molecule has 2 unspecified atom stereocenters. The summed E-state index contributed by atoms with van der Waals surface area (Å²) in [6.45, 7) is 2.48. The van der Waals surface area contributed by atoms with Gasteiger partial charge in [-0.15, -0.1) is 0 Å². The Morgan fingerprint density at radius 1 is 1.17 bits per heavy atom. The van der Waals surface area contributed by atoms with E-state index in [0.29, 0.717) is 23.9 Å². The largest absolute Gasteiger partial charge is 0.550 e. The lowest BCUT2D eigenvalue weighted by Crippen LogP contribution is -2.46. The van der Waals surface area contributed by atoms with Crippen molar-refractivity contribution in [1.82, 2.24) is 0 Å². The van der Waals surface area contributed by atoms with Gasteiger partial charge in [-0.1, -0.05) is 31.9 Å². The van der Waals surface area contributed by atoms with Gasteiger partial charge in [0, 0.05) is 12.4 Å². The summed E-state index contributed by atoms with van der Waals surface area (Å²) in [5.41, 5.74) is 0. The van der Waals surface area contributed by atoms with Gasteiger partial charge in [0.05, 0.1) is 21.1 Å². The SMILES string of the molecule is CCCC/C=C/CCCC(O)C(=O)OC(CC(=O)[O-])C[N+](C)(C)C. The molecule has 0 rings (SSSR count). The van der Waals surface area contributed by atoms with Crippen molar-refractivity contribution in [2.45, 2.75) is 64.1 Å². The van der Waals surface area contributed by atoms with E-state index in [2.05, 4.69) is 19.1 Å². The smallest absolute Gasteiger partial charge is 0.335 e. The summed E-state index contributed by atoms with van der Waals surface area (Å²) < 4.78 is 5.61. The molecule has 6 nitrogen and oxygen atoms in total. The lowest BCUT2D eigenvalue weighted by molar-refractivity contribution is -0.873. The zero-order valence-electron chi connectivity index (χ0n) is 15.5. The van der Waals surface area contributed by atoms with Crippen LogP contribution in [0.1, 0.15) is 51.9 Å². The van der Waals surface area contributed by atoms with E-state index in [9.17, 15) is 19.8 Å². The van der Waals surface area contributed by atoms with Crippen LogP contribution in [0.2, 0.25) is 0 Å². The number of aliphatic hydroxyl groups excluding tert-OH is 1. The number of hydrogen-bond donors (Lipinski definition) is 1. The molecule has 0 amide bonds. The monoisotopic (exact) mass is 343 g/mol. The fourth-order valence-corrected chi connectivity index (χ4v) is 2.29. The van der Waals surface area contributed by atoms with Crippen molar-refractivity contribution < 1.29 is 29.0 Å². The van der Waals surface area contributed by atoms with Crippen LogP contribution < -0.4 is 5.11 Å². The zero-order valence-corrected chi connectivity index (χ0v) is 15.5. The van der Waals surface area contributed by atoms with Crippen molar-refractivity contribution in [3.05, 3.63) is 12.2 Å². The Labute approximate surface area is 145 Å². The van der Waals surface area contributed by atoms with Gasteiger partial charge in [-0.25, -0.2) is 4.79 Å². The third-order valence-corrected chi connectivity index (χ3v) is 3.44. The fourth-order valence-electron chi connectivity index (χ4n) is 2.29. The number of aliphatic carboxylic acids is 1. The summed E-state index contributed by atoms with van der Waals surface area (Å²) in [4.78, 5) is 22.7. The molecule has 0 spiro atoms. The number of esters is 1. The summed E-state index contributed by atoms with van der Waals surface area (Å²) in [5, 5.41) is 20.7. The van der Waals surface area contributed by atoms with Crippen LogP contribution in [-0.2, 0) is 14.3 Å². The van der Waals surface area contributed by atoms with E-state index < -0.39 is 24.1 Å². The molecule has 1 N–H and O–H groups in total. The molecule has 0 aromatic heterocycles. The maximum absolute atomic E-state index is 11.9. The first-order valence-electron chi connectivity index (χ1n) is 8.69. The van der Waals surface area contributed by atoms with Crippen molar-refractivity contribution >= 4 is 11.9 Å². The summed E-state index contributed by atoms with van der Waals surface area (Å²) in [6.07, 6.45) is 6.96. The highest BCUT2D eigenvalue weighted by Gasteiger charge is 2.25. The number of carbonyl (C=O) groups is 2. The number of carboxylic acid groups (broad SMARTS) is 1. The molecular weight excluding hydrogens is 310 g/mol. The average Bonchev–Trinajstić information content (AvgIpc) is 2.43. The summed E-state index contributed by atoms with van der Waals surface area (Å²) in [5.74, 6) is -2.03. The summed E-state index contributed by atoms with van der Waals surface area (Å²) >= 11 is 0. The van der Waals surface area contributed by atoms with Crippen molar-refractivity contribution in [2.24, 2.45) is 0 Å². The van der Waals surface area contributed by atoms with E-state index in [0.717, 1.165) is 25.7 Å². The highest BCUT2D eigenvalue weighted by Crippen LogP contribution is 2.09. The molecule has 0 aromatic rings. The van der Waals surface area contributed by atoms with Crippen LogP contribution in [0.15, 0.2) is 12.2 Å². The first-order valence-corrected chi connectivity index (χ1v) is 8.69. The highest BCUT2D eigenvalue weighted by molar-refractivity contribution is 5.75. The Hall–Kier alpha value is -1.40. The van der Waals surface area contributed by atoms with Gasteiger partial charge < -0.3 is 24.2 Å². The third-order valence-electron chi connectivity index (χ3n) is 3.44. The molecule has 0 heterocycles. The van der Waals surface area contributed by atoms with E-state index >= 15 is 0 Å². The van der Waals surface area contributed by atoms with Crippen LogP contribution in [0.4, 0.5) is 0 Å². The van der Waals surface area contributed by atoms with E-state index in [4.69, 9.17) is 4.74 Å². The molecule has 0 aromatic carbocycles. The second kappa shape index (κ2) is 12.0. The number of nitrogens with zero attached hydrogens (tertiary/aromatic N) is 1. The molecule has 0 saturated heterocycles. The van der Waals surface area contributed by atoms with E-state index in [-0.39, 0.29) is 6.42 Å². The van der Waals surface area contributed by atoms with Gasteiger partial charge in [0.1, 0.15) is 6.54 Å². The molecular formula is C18H33NO5. The lowest BCUT2D eigenvalue weighted by Gasteiger charge is -2.29. The van der Waals surface area contributed by atoms with Crippen LogP contribution in [0, 0.1) is 0 Å². The molecule has 0 radical (unpaired) electrons. The van der Waals surface area contributed by atoms with Gasteiger partial charge in [-0.2, -0.15) is 0 Å². The van der Waals surface area contributed by atoms with Crippen LogP contribution >= 0.6 is 0 Å². The number of carbonyl (C=O) groups excluding carboxylic acids is 2. The lowest BCUT2D eigenvalue weighted by atomic mass is 10.1. The second-order valence-electron chi connectivity index (χ2n) is 7.17. The second-order valence-corrected chi connectivity index (χ2v) is 7.17. The normalized spacial score (nSPS) is 14.5. The molecule has 0 fully saturated rings.